The highest BCUT2D eigenvalue weighted by atomic mass is 127. The second-order valence-corrected chi connectivity index (χ2v) is 8.02. The number of benzene rings is 1. The largest absolute Gasteiger partial charge is 0.357 e. The zero-order chi connectivity index (χ0) is 19.1. The molecule has 0 bridgehead atoms. The van der Waals surface area contributed by atoms with E-state index < -0.39 is 0 Å². The molecule has 1 aliphatic heterocycles. The summed E-state index contributed by atoms with van der Waals surface area (Å²) in [4.78, 5) is 11.9. The lowest BCUT2D eigenvalue weighted by molar-refractivity contribution is 0.686. The topological polar surface area (TPSA) is 52.6 Å². The quantitative estimate of drug-likeness (QED) is 0.303. The highest BCUT2D eigenvalue weighted by molar-refractivity contribution is 14.0. The average Bonchev–Trinajstić information content (AvgIpc) is 3.33. The van der Waals surface area contributed by atoms with Gasteiger partial charge in [0.25, 0.3) is 0 Å². The van der Waals surface area contributed by atoms with Gasteiger partial charge in [0.2, 0.25) is 0 Å². The molecule has 2 aromatic rings. The minimum Gasteiger partial charge on any atom is -0.357 e. The Morgan fingerprint density at radius 1 is 1.36 bits per heavy atom. The van der Waals surface area contributed by atoms with E-state index in [1.54, 1.807) is 11.3 Å². The molecular formula is C20H29ClIN5S. The van der Waals surface area contributed by atoms with Gasteiger partial charge in [0.05, 0.1) is 11.7 Å². The monoisotopic (exact) mass is 533 g/mol. The third-order valence-electron chi connectivity index (χ3n) is 4.60. The van der Waals surface area contributed by atoms with E-state index in [1.165, 1.54) is 12.8 Å². The van der Waals surface area contributed by atoms with Crippen LogP contribution in [0.25, 0.3) is 0 Å². The van der Waals surface area contributed by atoms with Crippen molar-refractivity contribution in [1.29, 1.82) is 0 Å². The smallest absolute Gasteiger partial charge is 0.191 e. The van der Waals surface area contributed by atoms with Crippen molar-refractivity contribution in [3.05, 3.63) is 45.9 Å². The third-order valence-corrected chi connectivity index (χ3v) is 5.79. The van der Waals surface area contributed by atoms with Crippen molar-refractivity contribution in [2.24, 2.45) is 4.99 Å². The van der Waals surface area contributed by atoms with Gasteiger partial charge in [-0.05, 0) is 44.4 Å². The number of anilines is 1. The first-order valence-electron chi connectivity index (χ1n) is 9.65. The Hall–Kier alpha value is -1.06. The summed E-state index contributed by atoms with van der Waals surface area (Å²) in [5, 5.41) is 10.8. The maximum absolute atomic E-state index is 6.10. The van der Waals surface area contributed by atoms with Crippen molar-refractivity contribution in [1.82, 2.24) is 15.6 Å². The molecule has 1 saturated heterocycles. The predicted octanol–water partition coefficient (Wildman–Crippen LogP) is 4.87. The Labute approximate surface area is 194 Å². The standard InChI is InChI=1S/C20H28ClN5S.HI/c1-3-22-19(24-15(2)16-7-6-8-17(21)13-16)23-10-9-18-14-27-20(25-18)26-11-4-5-12-26;/h6-8,13-15H,3-5,9-12H2,1-2H3,(H2,22,23,24);1H. The van der Waals surface area contributed by atoms with Crippen LogP contribution >= 0.6 is 46.9 Å². The minimum absolute atomic E-state index is 0. The van der Waals surface area contributed by atoms with Crippen molar-refractivity contribution < 1.29 is 0 Å². The summed E-state index contributed by atoms with van der Waals surface area (Å²) in [7, 11) is 0. The Morgan fingerprint density at radius 3 is 2.86 bits per heavy atom. The lowest BCUT2D eigenvalue weighted by Crippen LogP contribution is -2.38. The zero-order valence-electron chi connectivity index (χ0n) is 16.4. The van der Waals surface area contributed by atoms with Crippen molar-refractivity contribution >= 4 is 58.0 Å². The summed E-state index contributed by atoms with van der Waals surface area (Å²) >= 11 is 7.85. The predicted molar refractivity (Wildman–Crippen MR) is 132 cm³/mol. The van der Waals surface area contributed by atoms with Crippen LogP contribution in [0.3, 0.4) is 0 Å². The molecule has 2 N–H and O–H groups in total. The lowest BCUT2D eigenvalue weighted by Gasteiger charge is -2.18. The molecule has 2 heterocycles. The van der Waals surface area contributed by atoms with Gasteiger partial charge in [-0.15, -0.1) is 35.3 Å². The number of aromatic nitrogens is 1. The van der Waals surface area contributed by atoms with Crippen molar-refractivity contribution in [2.75, 3.05) is 31.1 Å². The Balaban J connectivity index is 0.00000280. The number of aliphatic imine (C=N–C) groups is 1. The molecule has 3 rings (SSSR count). The maximum atomic E-state index is 6.10. The molecule has 5 nitrogen and oxygen atoms in total. The van der Waals surface area contributed by atoms with Crippen LogP contribution < -0.4 is 15.5 Å². The van der Waals surface area contributed by atoms with Crippen LogP contribution in [0.15, 0.2) is 34.6 Å². The summed E-state index contributed by atoms with van der Waals surface area (Å²) in [5.41, 5.74) is 2.27. The van der Waals surface area contributed by atoms with E-state index in [4.69, 9.17) is 21.6 Å². The first-order chi connectivity index (χ1) is 13.2. The highest BCUT2D eigenvalue weighted by Gasteiger charge is 2.15. The molecule has 1 atom stereocenters. The number of nitrogens with one attached hydrogen (secondary N) is 2. The summed E-state index contributed by atoms with van der Waals surface area (Å²) in [6.07, 6.45) is 3.41. The van der Waals surface area contributed by atoms with E-state index in [-0.39, 0.29) is 30.0 Å². The van der Waals surface area contributed by atoms with Crippen LogP contribution in [0.4, 0.5) is 5.13 Å². The Morgan fingerprint density at radius 2 is 2.14 bits per heavy atom. The zero-order valence-corrected chi connectivity index (χ0v) is 20.4. The Kier molecular flexibility index (Phi) is 9.81. The molecule has 0 radical (unpaired) electrons. The average molecular weight is 534 g/mol. The van der Waals surface area contributed by atoms with E-state index in [0.29, 0.717) is 6.54 Å². The van der Waals surface area contributed by atoms with Gasteiger partial charge < -0.3 is 15.5 Å². The van der Waals surface area contributed by atoms with Gasteiger partial charge in [-0.1, -0.05) is 23.7 Å². The van der Waals surface area contributed by atoms with E-state index in [2.05, 4.69) is 40.8 Å². The molecule has 0 aliphatic carbocycles. The normalized spacial score (nSPS) is 15.2. The van der Waals surface area contributed by atoms with Gasteiger partial charge >= 0.3 is 0 Å². The summed E-state index contributed by atoms with van der Waals surface area (Å²) in [6, 6.07) is 8.05. The van der Waals surface area contributed by atoms with Crippen LogP contribution in [0, 0.1) is 0 Å². The van der Waals surface area contributed by atoms with E-state index in [9.17, 15) is 0 Å². The van der Waals surface area contributed by atoms with Crippen molar-refractivity contribution in [3.8, 4) is 0 Å². The van der Waals surface area contributed by atoms with Gasteiger partial charge in [-0.3, -0.25) is 4.99 Å². The van der Waals surface area contributed by atoms with Crippen molar-refractivity contribution in [3.63, 3.8) is 0 Å². The Bertz CT molecular complexity index is 761. The molecule has 1 unspecified atom stereocenters. The molecule has 1 fully saturated rings. The van der Waals surface area contributed by atoms with Crippen LogP contribution in [-0.4, -0.2) is 37.1 Å². The lowest BCUT2D eigenvalue weighted by atomic mass is 10.1. The maximum Gasteiger partial charge on any atom is 0.191 e. The molecule has 0 amide bonds. The first kappa shape index (κ1) is 23.2. The fraction of sp³-hybridized carbons (Fsp3) is 0.500. The van der Waals surface area contributed by atoms with Gasteiger partial charge in [0.15, 0.2) is 11.1 Å². The molecular weight excluding hydrogens is 505 g/mol. The second-order valence-electron chi connectivity index (χ2n) is 6.75. The number of nitrogens with zero attached hydrogens (tertiary/aromatic N) is 3. The van der Waals surface area contributed by atoms with E-state index in [0.717, 1.165) is 53.4 Å². The number of halogens is 2. The van der Waals surface area contributed by atoms with E-state index >= 15 is 0 Å². The molecule has 8 heteroatoms. The summed E-state index contributed by atoms with van der Waals surface area (Å²) in [5.74, 6) is 0.819. The van der Waals surface area contributed by atoms with Crippen LogP contribution in [-0.2, 0) is 6.42 Å². The molecule has 0 spiro atoms. The fourth-order valence-electron chi connectivity index (χ4n) is 3.13. The molecule has 1 aromatic carbocycles. The number of thiazole rings is 1. The number of guanidine groups is 1. The van der Waals surface area contributed by atoms with E-state index in [1.807, 2.05) is 18.2 Å². The third kappa shape index (κ3) is 6.77. The van der Waals surface area contributed by atoms with Gasteiger partial charge in [0.1, 0.15) is 0 Å². The van der Waals surface area contributed by atoms with Crippen molar-refractivity contribution in [2.45, 2.75) is 39.2 Å². The van der Waals surface area contributed by atoms with Gasteiger partial charge in [-0.25, -0.2) is 4.98 Å². The first-order valence-corrected chi connectivity index (χ1v) is 10.9. The van der Waals surface area contributed by atoms with Gasteiger partial charge in [0, 0.05) is 43.0 Å². The molecule has 1 aromatic heterocycles. The van der Waals surface area contributed by atoms with Crippen LogP contribution in [0.2, 0.25) is 5.02 Å². The second kappa shape index (κ2) is 11.8. The number of hydrogen-bond donors (Lipinski definition) is 2. The fourth-order valence-corrected chi connectivity index (χ4v) is 4.24. The van der Waals surface area contributed by atoms with Crippen LogP contribution in [0.1, 0.15) is 44.0 Å². The SMILES string of the molecule is CCNC(=NCCc1csc(N2CCCC2)n1)NC(C)c1cccc(Cl)c1.I. The summed E-state index contributed by atoms with van der Waals surface area (Å²) < 4.78 is 0. The number of rotatable bonds is 7. The highest BCUT2D eigenvalue weighted by Crippen LogP contribution is 2.24. The molecule has 1 aliphatic rings. The molecule has 28 heavy (non-hydrogen) atoms. The van der Waals surface area contributed by atoms with Gasteiger partial charge in [-0.2, -0.15) is 0 Å². The van der Waals surface area contributed by atoms with Crippen LogP contribution in [0.5, 0.6) is 0 Å². The molecule has 0 saturated carbocycles. The summed E-state index contributed by atoms with van der Waals surface area (Å²) in [6.45, 7) is 8.00. The number of hydrogen-bond acceptors (Lipinski definition) is 4. The minimum atomic E-state index is 0. The molecule has 154 valence electrons.